The third kappa shape index (κ3) is 3.25. The van der Waals surface area contributed by atoms with Crippen molar-refractivity contribution in [2.24, 2.45) is 5.41 Å². The molecule has 0 aromatic rings. The fraction of sp³-hybridized carbons (Fsp3) is 1.00. The lowest BCUT2D eigenvalue weighted by molar-refractivity contribution is -0.00961. The van der Waals surface area contributed by atoms with Crippen LogP contribution in [0.4, 0.5) is 0 Å². The molecule has 0 aromatic carbocycles. The van der Waals surface area contributed by atoms with Gasteiger partial charge in [-0.3, -0.25) is 9.80 Å². The average Bonchev–Trinajstić information content (AvgIpc) is 2.49. The SMILES string of the molecule is CC1CN2CCCCC2CN1CC1(CBr)CCCCC1. The third-order valence-electron chi connectivity index (χ3n) is 6.05. The molecule has 1 aliphatic carbocycles. The molecule has 2 unspecified atom stereocenters. The summed E-state index contributed by atoms with van der Waals surface area (Å²) in [6.45, 7) is 7.78. The van der Waals surface area contributed by atoms with E-state index in [4.69, 9.17) is 0 Å². The van der Waals surface area contributed by atoms with Crippen LogP contribution in [-0.4, -0.2) is 53.4 Å². The van der Waals surface area contributed by atoms with Gasteiger partial charge in [0.05, 0.1) is 0 Å². The zero-order chi connectivity index (χ0) is 14.0. The van der Waals surface area contributed by atoms with Gasteiger partial charge in [-0.1, -0.05) is 41.6 Å². The second-order valence-corrected chi connectivity index (χ2v) is 8.18. The molecule has 2 saturated heterocycles. The number of rotatable bonds is 3. The van der Waals surface area contributed by atoms with Crippen molar-refractivity contribution in [3.8, 4) is 0 Å². The van der Waals surface area contributed by atoms with Crippen molar-refractivity contribution < 1.29 is 0 Å². The van der Waals surface area contributed by atoms with Crippen molar-refractivity contribution in [3.05, 3.63) is 0 Å². The van der Waals surface area contributed by atoms with Crippen LogP contribution in [0.2, 0.25) is 0 Å². The summed E-state index contributed by atoms with van der Waals surface area (Å²) in [5, 5.41) is 1.21. The van der Waals surface area contributed by atoms with E-state index in [0.717, 1.165) is 12.1 Å². The maximum atomic E-state index is 3.85. The van der Waals surface area contributed by atoms with E-state index in [1.54, 1.807) is 0 Å². The highest BCUT2D eigenvalue weighted by molar-refractivity contribution is 9.09. The van der Waals surface area contributed by atoms with Crippen LogP contribution in [0.5, 0.6) is 0 Å². The summed E-state index contributed by atoms with van der Waals surface area (Å²) in [5.74, 6) is 0. The molecule has 3 heteroatoms. The summed E-state index contributed by atoms with van der Waals surface area (Å²) < 4.78 is 0. The second-order valence-electron chi connectivity index (χ2n) is 7.62. The number of fused-ring (bicyclic) bond motifs is 1. The Balaban J connectivity index is 1.63. The number of halogens is 1. The van der Waals surface area contributed by atoms with Crippen LogP contribution in [0.15, 0.2) is 0 Å². The normalized spacial score (nSPS) is 35.7. The lowest BCUT2D eigenvalue weighted by Gasteiger charge is -2.50. The van der Waals surface area contributed by atoms with Crippen LogP contribution in [0.1, 0.15) is 58.3 Å². The molecule has 2 aliphatic heterocycles. The van der Waals surface area contributed by atoms with Gasteiger partial charge in [0.2, 0.25) is 0 Å². The van der Waals surface area contributed by atoms with Gasteiger partial charge in [-0.2, -0.15) is 0 Å². The molecule has 1 saturated carbocycles. The quantitative estimate of drug-likeness (QED) is 0.718. The molecule has 2 atom stereocenters. The lowest BCUT2D eigenvalue weighted by atomic mass is 9.75. The number of piperidine rings is 1. The van der Waals surface area contributed by atoms with Gasteiger partial charge < -0.3 is 0 Å². The molecule has 0 N–H and O–H groups in total. The second kappa shape index (κ2) is 6.66. The largest absolute Gasteiger partial charge is 0.298 e. The van der Waals surface area contributed by atoms with E-state index in [2.05, 4.69) is 32.7 Å². The number of piperazine rings is 1. The maximum Gasteiger partial charge on any atom is 0.0223 e. The Morgan fingerprint density at radius 2 is 1.85 bits per heavy atom. The van der Waals surface area contributed by atoms with Crippen LogP contribution in [-0.2, 0) is 0 Å². The fourth-order valence-corrected chi connectivity index (χ4v) is 5.44. The molecule has 3 fully saturated rings. The van der Waals surface area contributed by atoms with Crippen molar-refractivity contribution in [1.82, 2.24) is 9.80 Å². The summed E-state index contributed by atoms with van der Waals surface area (Å²) in [7, 11) is 0. The molecule has 3 rings (SSSR count). The van der Waals surface area contributed by atoms with Gasteiger partial charge in [0.1, 0.15) is 0 Å². The first kappa shape index (κ1) is 15.3. The smallest absolute Gasteiger partial charge is 0.0223 e. The van der Waals surface area contributed by atoms with E-state index >= 15 is 0 Å². The minimum Gasteiger partial charge on any atom is -0.298 e. The lowest BCUT2D eigenvalue weighted by Crippen LogP contribution is -2.60. The van der Waals surface area contributed by atoms with E-state index in [9.17, 15) is 0 Å². The van der Waals surface area contributed by atoms with E-state index in [0.29, 0.717) is 5.41 Å². The predicted octanol–water partition coefficient (Wildman–Crippen LogP) is 3.89. The van der Waals surface area contributed by atoms with Gasteiger partial charge in [-0.15, -0.1) is 0 Å². The van der Waals surface area contributed by atoms with Gasteiger partial charge >= 0.3 is 0 Å². The molecule has 3 aliphatic rings. The first-order valence-corrected chi connectivity index (χ1v) is 9.89. The maximum absolute atomic E-state index is 3.85. The Morgan fingerprint density at radius 1 is 1.05 bits per heavy atom. The first-order valence-electron chi connectivity index (χ1n) is 8.76. The summed E-state index contributed by atoms with van der Waals surface area (Å²) in [6.07, 6.45) is 11.5. The zero-order valence-electron chi connectivity index (χ0n) is 13.1. The highest BCUT2D eigenvalue weighted by Gasteiger charge is 2.38. The number of hydrogen-bond acceptors (Lipinski definition) is 2. The summed E-state index contributed by atoms with van der Waals surface area (Å²) in [5.41, 5.74) is 0.573. The summed E-state index contributed by atoms with van der Waals surface area (Å²) in [4.78, 5) is 5.60. The summed E-state index contributed by atoms with van der Waals surface area (Å²) in [6, 6.07) is 1.61. The van der Waals surface area contributed by atoms with Crippen molar-refractivity contribution in [1.29, 1.82) is 0 Å². The van der Waals surface area contributed by atoms with Crippen LogP contribution < -0.4 is 0 Å². The molecule has 0 amide bonds. The van der Waals surface area contributed by atoms with Gasteiger partial charge in [0.15, 0.2) is 0 Å². The Kier molecular flexibility index (Phi) is 5.10. The third-order valence-corrected chi connectivity index (χ3v) is 7.24. The molecule has 20 heavy (non-hydrogen) atoms. The number of hydrogen-bond donors (Lipinski definition) is 0. The predicted molar refractivity (Wildman–Crippen MR) is 89.6 cm³/mol. The van der Waals surface area contributed by atoms with Crippen LogP contribution >= 0.6 is 15.9 Å². The topological polar surface area (TPSA) is 6.48 Å². The monoisotopic (exact) mass is 342 g/mol. The van der Waals surface area contributed by atoms with Gasteiger partial charge in [0.25, 0.3) is 0 Å². The molecule has 0 bridgehead atoms. The molecular formula is C17H31BrN2. The number of alkyl halides is 1. The van der Waals surface area contributed by atoms with E-state index in [1.807, 2.05) is 0 Å². The minimum absolute atomic E-state index is 0.573. The molecule has 2 nitrogen and oxygen atoms in total. The Hall–Kier alpha value is 0.400. The molecule has 0 aromatic heterocycles. The van der Waals surface area contributed by atoms with E-state index in [1.165, 1.54) is 82.9 Å². The molecule has 0 radical (unpaired) electrons. The first-order chi connectivity index (χ1) is 9.72. The van der Waals surface area contributed by atoms with Gasteiger partial charge in [0, 0.05) is 37.0 Å². The van der Waals surface area contributed by atoms with Crippen molar-refractivity contribution >= 4 is 15.9 Å². The minimum atomic E-state index is 0.573. The zero-order valence-corrected chi connectivity index (χ0v) is 14.7. The standard InChI is InChI=1S/C17H31BrN2/c1-15-11-19-10-6-3-7-16(19)12-20(15)14-17(13-18)8-4-2-5-9-17/h15-16H,2-14H2,1H3. The van der Waals surface area contributed by atoms with Crippen molar-refractivity contribution in [2.75, 3.05) is 31.5 Å². The Bertz CT molecular complexity index is 314. The van der Waals surface area contributed by atoms with Crippen LogP contribution in [0, 0.1) is 5.41 Å². The highest BCUT2D eigenvalue weighted by atomic mass is 79.9. The van der Waals surface area contributed by atoms with E-state index in [-0.39, 0.29) is 0 Å². The van der Waals surface area contributed by atoms with Crippen LogP contribution in [0.25, 0.3) is 0 Å². The highest BCUT2D eigenvalue weighted by Crippen LogP contribution is 2.39. The molecule has 0 spiro atoms. The molecule has 116 valence electrons. The van der Waals surface area contributed by atoms with Gasteiger partial charge in [-0.05, 0) is 44.6 Å². The number of nitrogens with zero attached hydrogens (tertiary/aromatic N) is 2. The Morgan fingerprint density at radius 3 is 2.60 bits per heavy atom. The fourth-order valence-electron chi connectivity index (χ4n) is 4.70. The molecular weight excluding hydrogens is 312 g/mol. The van der Waals surface area contributed by atoms with Crippen molar-refractivity contribution in [2.45, 2.75) is 70.4 Å². The van der Waals surface area contributed by atoms with E-state index < -0.39 is 0 Å². The average molecular weight is 343 g/mol. The Labute approximate surface area is 133 Å². The van der Waals surface area contributed by atoms with Crippen molar-refractivity contribution in [3.63, 3.8) is 0 Å². The van der Waals surface area contributed by atoms with Gasteiger partial charge in [-0.25, -0.2) is 0 Å². The molecule has 2 heterocycles. The summed E-state index contributed by atoms with van der Waals surface area (Å²) >= 11 is 3.85. The van der Waals surface area contributed by atoms with Crippen LogP contribution in [0.3, 0.4) is 0 Å².